The van der Waals surface area contributed by atoms with E-state index < -0.39 is 12.4 Å². The van der Waals surface area contributed by atoms with E-state index in [2.05, 4.69) is 32.1 Å². The van der Waals surface area contributed by atoms with Crippen LogP contribution in [-0.4, -0.2) is 44.1 Å². The minimum atomic E-state index is -4.76. The molecule has 1 unspecified atom stereocenters. The molecule has 47 heavy (non-hydrogen) atoms. The molecule has 8 nitrogen and oxygen atoms in total. The van der Waals surface area contributed by atoms with Crippen molar-refractivity contribution in [3.63, 3.8) is 0 Å². The van der Waals surface area contributed by atoms with Gasteiger partial charge in [-0.3, -0.25) is 0 Å². The van der Waals surface area contributed by atoms with Crippen molar-refractivity contribution in [2.45, 2.75) is 59.4 Å². The number of amides is 2. The van der Waals surface area contributed by atoms with Crippen LogP contribution in [-0.2, 0) is 0 Å². The van der Waals surface area contributed by atoms with E-state index in [0.29, 0.717) is 22.4 Å². The van der Waals surface area contributed by atoms with Crippen molar-refractivity contribution in [1.29, 1.82) is 0 Å². The molecule has 0 aliphatic carbocycles. The number of amidine groups is 1. The zero-order valence-corrected chi connectivity index (χ0v) is 27.3. The lowest BCUT2D eigenvalue weighted by atomic mass is 9.99. The Morgan fingerprint density at radius 2 is 1.77 bits per heavy atom. The first kappa shape index (κ1) is 33.7. The van der Waals surface area contributed by atoms with Crippen LogP contribution < -0.4 is 15.0 Å². The van der Waals surface area contributed by atoms with Gasteiger partial charge in [0.25, 0.3) is 0 Å². The molecule has 1 aromatic heterocycles. The maximum absolute atomic E-state index is 14.1. The Kier molecular flexibility index (Phi) is 10.0. The number of hydrogen-bond donors (Lipinski definition) is 1. The molecule has 0 spiro atoms. The highest BCUT2D eigenvalue weighted by Crippen LogP contribution is 2.35. The third kappa shape index (κ3) is 8.20. The number of aromatic nitrogens is 3. The van der Waals surface area contributed by atoms with E-state index in [1.807, 2.05) is 49.9 Å². The highest BCUT2D eigenvalue weighted by Gasteiger charge is 2.31. The minimum Gasteiger partial charge on any atom is -0.406 e. The number of ether oxygens (including phenoxy) is 1. The van der Waals surface area contributed by atoms with Gasteiger partial charge < -0.3 is 15.0 Å². The first-order valence-electron chi connectivity index (χ1n) is 15.0. The van der Waals surface area contributed by atoms with Crippen molar-refractivity contribution < 1.29 is 27.1 Å². The van der Waals surface area contributed by atoms with E-state index >= 15 is 0 Å². The number of carbonyl (C=O) groups excluding carboxylic acids is 1. The molecule has 3 aromatic carbocycles. The molecule has 1 aliphatic heterocycles. The van der Waals surface area contributed by atoms with Crippen LogP contribution >= 0.6 is 11.8 Å². The molecule has 2 amide bonds. The van der Waals surface area contributed by atoms with Crippen molar-refractivity contribution in [1.82, 2.24) is 20.1 Å². The summed E-state index contributed by atoms with van der Waals surface area (Å²) < 4.78 is 56.8. The largest absolute Gasteiger partial charge is 0.573 e. The summed E-state index contributed by atoms with van der Waals surface area (Å²) in [7, 11) is 0. The quantitative estimate of drug-likeness (QED) is 0.198. The highest BCUT2D eigenvalue weighted by atomic mass is 32.2. The van der Waals surface area contributed by atoms with Crippen LogP contribution in [0.3, 0.4) is 0 Å². The normalized spacial score (nSPS) is 16.8. The maximum Gasteiger partial charge on any atom is 0.573 e. The molecule has 1 aliphatic rings. The number of thioether (sulfide) groups is 1. The molecule has 0 bridgehead atoms. The predicted molar refractivity (Wildman–Crippen MR) is 177 cm³/mol. The molecular formula is C34H34F4N6O2S. The third-order valence-corrected chi connectivity index (χ3v) is 8.73. The summed E-state index contributed by atoms with van der Waals surface area (Å²) in [6, 6.07) is 17.1. The van der Waals surface area contributed by atoms with Crippen LogP contribution in [0.25, 0.3) is 22.6 Å². The molecule has 1 saturated heterocycles. The fourth-order valence-corrected chi connectivity index (χ4v) is 6.32. The summed E-state index contributed by atoms with van der Waals surface area (Å²) in [4.78, 5) is 23.9. The maximum atomic E-state index is 14.1. The zero-order valence-electron chi connectivity index (χ0n) is 26.5. The first-order chi connectivity index (χ1) is 22.3. The van der Waals surface area contributed by atoms with Crippen molar-refractivity contribution in [2.24, 2.45) is 4.99 Å². The number of alkyl halides is 3. The van der Waals surface area contributed by atoms with Gasteiger partial charge in [-0.2, -0.15) is 4.99 Å². The third-order valence-electron chi connectivity index (χ3n) is 7.74. The molecule has 246 valence electrons. The second kappa shape index (κ2) is 14.0. The fraction of sp³-hybridized carbons (Fsp3) is 0.294. The molecule has 4 aromatic rings. The van der Waals surface area contributed by atoms with Gasteiger partial charge in [0.15, 0.2) is 11.0 Å². The Balaban J connectivity index is 1.29. The average molecular weight is 667 g/mol. The van der Waals surface area contributed by atoms with Gasteiger partial charge in [0.05, 0.1) is 5.69 Å². The number of urea groups is 1. The monoisotopic (exact) mass is 666 g/mol. The van der Waals surface area contributed by atoms with Crippen LogP contribution in [0.4, 0.5) is 28.0 Å². The predicted octanol–water partition coefficient (Wildman–Crippen LogP) is 8.94. The SMILES string of the molecule is C/C(NC(=O)N=C1SCCC(C)N1c1ccc(F)cc1C(C)C)=C(/C)c1ccc(-c2ncn(-c3ccc(OC(F)(F)F)cc3)n2)cc1. The molecule has 0 saturated carbocycles. The fourth-order valence-electron chi connectivity index (χ4n) is 5.12. The topological polar surface area (TPSA) is 84.6 Å². The number of aliphatic imine (C=N–C) groups is 1. The molecule has 1 N–H and O–H groups in total. The molecular weight excluding hydrogens is 632 g/mol. The van der Waals surface area contributed by atoms with Gasteiger partial charge in [-0.15, -0.1) is 18.3 Å². The lowest BCUT2D eigenvalue weighted by molar-refractivity contribution is -0.274. The van der Waals surface area contributed by atoms with E-state index in [9.17, 15) is 22.4 Å². The first-order valence-corrected chi connectivity index (χ1v) is 15.9. The summed E-state index contributed by atoms with van der Waals surface area (Å²) in [6.45, 7) is 9.81. The summed E-state index contributed by atoms with van der Waals surface area (Å²) in [5, 5.41) is 7.91. The molecule has 1 atom stereocenters. The number of anilines is 1. The highest BCUT2D eigenvalue weighted by molar-refractivity contribution is 8.14. The Labute approximate surface area is 274 Å². The van der Waals surface area contributed by atoms with Crippen LogP contribution in [0.2, 0.25) is 0 Å². The number of nitrogens with one attached hydrogen (secondary N) is 1. The van der Waals surface area contributed by atoms with Crippen LogP contribution in [0, 0.1) is 5.82 Å². The molecule has 13 heteroatoms. The number of halogens is 4. The second-order valence-electron chi connectivity index (χ2n) is 11.4. The van der Waals surface area contributed by atoms with Crippen LogP contribution in [0.15, 0.2) is 83.7 Å². The van der Waals surface area contributed by atoms with Gasteiger partial charge in [0, 0.05) is 28.7 Å². The minimum absolute atomic E-state index is 0.0851. The summed E-state index contributed by atoms with van der Waals surface area (Å²) in [6.07, 6.45) is -2.39. The van der Waals surface area contributed by atoms with E-state index in [-0.39, 0.29) is 23.5 Å². The zero-order chi connectivity index (χ0) is 33.9. The summed E-state index contributed by atoms with van der Waals surface area (Å²) in [5.74, 6) is 0.712. The van der Waals surface area contributed by atoms with Crippen molar-refractivity contribution in [3.8, 4) is 22.8 Å². The van der Waals surface area contributed by atoms with E-state index in [4.69, 9.17) is 0 Å². The van der Waals surface area contributed by atoms with Crippen molar-refractivity contribution in [2.75, 3.05) is 10.7 Å². The molecule has 1 fully saturated rings. The van der Waals surface area contributed by atoms with E-state index in [1.54, 1.807) is 19.1 Å². The summed E-state index contributed by atoms with van der Waals surface area (Å²) >= 11 is 1.50. The Morgan fingerprint density at radius 1 is 1.06 bits per heavy atom. The lowest BCUT2D eigenvalue weighted by Crippen LogP contribution is -2.42. The van der Waals surface area contributed by atoms with Gasteiger partial charge >= 0.3 is 12.4 Å². The number of hydrogen-bond acceptors (Lipinski definition) is 5. The number of nitrogens with zero attached hydrogens (tertiary/aromatic N) is 5. The van der Waals surface area contributed by atoms with Gasteiger partial charge in [-0.1, -0.05) is 49.9 Å². The smallest absolute Gasteiger partial charge is 0.406 e. The Hall–Kier alpha value is -4.65. The van der Waals surface area contributed by atoms with E-state index in [1.165, 1.54) is 53.1 Å². The van der Waals surface area contributed by atoms with Crippen LogP contribution in [0.1, 0.15) is 58.1 Å². The number of rotatable bonds is 7. The van der Waals surface area contributed by atoms with Crippen molar-refractivity contribution in [3.05, 3.63) is 95.7 Å². The molecule has 0 radical (unpaired) electrons. The summed E-state index contributed by atoms with van der Waals surface area (Å²) in [5.41, 5.74) is 5.31. The van der Waals surface area contributed by atoms with Gasteiger partial charge in [0.2, 0.25) is 0 Å². The number of carbonyl (C=O) groups is 1. The van der Waals surface area contributed by atoms with Gasteiger partial charge in [-0.05, 0) is 92.3 Å². The Bertz CT molecular complexity index is 1800. The van der Waals surface area contributed by atoms with E-state index in [0.717, 1.165) is 40.1 Å². The number of benzene rings is 3. The standard InChI is InChI=1S/C34H34F4N6O2S/c1-20(2)29-18-26(35)10-15-30(29)44-21(3)16-17-47-33(44)41-32(45)40-23(5)22(4)24-6-8-25(9-7-24)31-39-19-43(42-31)27-11-13-28(14-12-27)46-34(36,37)38/h6-15,18-21H,16-17H2,1-5H3,(H,40,45)/b23-22+,41-33?. The van der Waals surface area contributed by atoms with Crippen LogP contribution in [0.5, 0.6) is 5.75 Å². The Morgan fingerprint density at radius 3 is 2.43 bits per heavy atom. The van der Waals surface area contributed by atoms with Gasteiger partial charge in [-0.25, -0.2) is 18.9 Å². The van der Waals surface area contributed by atoms with Crippen molar-refractivity contribution >= 4 is 34.2 Å². The molecule has 2 heterocycles. The average Bonchev–Trinajstić information content (AvgIpc) is 3.51. The number of allylic oxidation sites excluding steroid dienone is 2. The second-order valence-corrected chi connectivity index (χ2v) is 12.5. The lowest BCUT2D eigenvalue weighted by Gasteiger charge is -2.37. The molecule has 5 rings (SSSR count). The van der Waals surface area contributed by atoms with Gasteiger partial charge in [0.1, 0.15) is 17.9 Å².